The maximum absolute atomic E-state index is 12.1. The molecule has 1 aliphatic carbocycles. The van der Waals surface area contributed by atoms with Crippen LogP contribution in [0, 0.1) is 11.3 Å². The van der Waals surface area contributed by atoms with Crippen LogP contribution in [0.15, 0.2) is 0 Å². The van der Waals surface area contributed by atoms with Gasteiger partial charge in [-0.15, -0.1) is 0 Å². The quantitative estimate of drug-likeness (QED) is 0.545. The Labute approximate surface area is 109 Å². The van der Waals surface area contributed by atoms with Gasteiger partial charge in [0, 0.05) is 6.54 Å². The second-order valence-electron chi connectivity index (χ2n) is 5.37. The molecule has 0 atom stereocenters. The lowest BCUT2D eigenvalue weighted by atomic mass is 9.62. The summed E-state index contributed by atoms with van der Waals surface area (Å²) in [7, 11) is 4.04. The van der Waals surface area contributed by atoms with Gasteiger partial charge < -0.3 is 16.0 Å². The number of rotatable bonds is 6. The topological polar surface area (TPSA) is 58.4 Å². The van der Waals surface area contributed by atoms with E-state index in [0.29, 0.717) is 17.5 Å². The Hall–Kier alpha value is -0.680. The first-order valence-corrected chi connectivity index (χ1v) is 6.52. The van der Waals surface area contributed by atoms with Crippen LogP contribution in [0.2, 0.25) is 0 Å². The molecule has 17 heavy (non-hydrogen) atoms. The van der Waals surface area contributed by atoms with Gasteiger partial charge in [-0.05, 0) is 45.8 Å². The zero-order valence-corrected chi connectivity index (χ0v) is 11.8. The molecule has 1 aliphatic rings. The molecule has 0 aromatic rings. The van der Waals surface area contributed by atoms with Crippen molar-refractivity contribution in [3.8, 4) is 0 Å². The number of hydrogen-bond acceptors (Lipinski definition) is 3. The van der Waals surface area contributed by atoms with Crippen LogP contribution in [0.5, 0.6) is 0 Å². The lowest BCUT2D eigenvalue weighted by Gasteiger charge is -2.44. The summed E-state index contributed by atoms with van der Waals surface area (Å²) in [5.74, 6) is 0.561. The predicted octanol–water partition coefficient (Wildman–Crippen LogP) is 0.757. The van der Waals surface area contributed by atoms with Crippen LogP contribution in [0.4, 0.5) is 0 Å². The highest BCUT2D eigenvalue weighted by molar-refractivity contribution is 7.80. The monoisotopic (exact) mass is 257 g/mol. The highest BCUT2D eigenvalue weighted by Gasteiger charge is 2.50. The van der Waals surface area contributed by atoms with Crippen LogP contribution in [-0.2, 0) is 4.79 Å². The third-order valence-corrected chi connectivity index (χ3v) is 3.76. The molecular weight excluding hydrogens is 234 g/mol. The molecule has 1 rings (SSSR count). The molecule has 0 aromatic carbocycles. The minimum absolute atomic E-state index is 0.0156. The van der Waals surface area contributed by atoms with E-state index in [9.17, 15) is 4.79 Å². The largest absolute Gasteiger partial charge is 0.392 e. The molecule has 0 aromatic heterocycles. The summed E-state index contributed by atoms with van der Waals surface area (Å²) < 4.78 is 0. The Morgan fingerprint density at radius 1 is 1.53 bits per heavy atom. The van der Waals surface area contributed by atoms with Gasteiger partial charge in [0.25, 0.3) is 0 Å². The Morgan fingerprint density at radius 2 is 2.12 bits per heavy atom. The number of thiocarbonyl (C=S) groups is 1. The van der Waals surface area contributed by atoms with Crippen molar-refractivity contribution in [1.82, 2.24) is 10.2 Å². The molecule has 0 heterocycles. The average Bonchev–Trinajstić information content (AvgIpc) is 2.18. The number of nitrogens with two attached hydrogens (primary N) is 1. The number of amides is 1. The highest BCUT2D eigenvalue weighted by atomic mass is 32.1. The van der Waals surface area contributed by atoms with E-state index in [1.165, 1.54) is 0 Å². The molecule has 0 saturated heterocycles. The minimum atomic E-state index is -0.563. The zero-order chi connectivity index (χ0) is 13.1. The van der Waals surface area contributed by atoms with E-state index < -0.39 is 5.41 Å². The Balaban J connectivity index is 2.38. The van der Waals surface area contributed by atoms with Crippen LogP contribution in [-0.4, -0.2) is 43.0 Å². The molecule has 0 radical (unpaired) electrons. The van der Waals surface area contributed by atoms with Crippen LogP contribution in [0.25, 0.3) is 0 Å². The summed E-state index contributed by atoms with van der Waals surface area (Å²) in [6, 6.07) is 0. The van der Waals surface area contributed by atoms with Gasteiger partial charge in [0.2, 0.25) is 5.91 Å². The Bertz CT molecular complexity index is 298. The molecule has 98 valence electrons. The first-order chi connectivity index (χ1) is 7.88. The summed E-state index contributed by atoms with van der Waals surface area (Å²) >= 11 is 5.04. The summed E-state index contributed by atoms with van der Waals surface area (Å²) in [6.07, 6.45) is 2.53. The fourth-order valence-corrected chi connectivity index (χ4v) is 2.65. The van der Waals surface area contributed by atoms with Gasteiger partial charge >= 0.3 is 0 Å². The molecule has 0 spiro atoms. The van der Waals surface area contributed by atoms with Crippen molar-refractivity contribution in [3.63, 3.8) is 0 Å². The molecule has 1 amide bonds. The fraction of sp³-hybridized carbons (Fsp3) is 0.833. The maximum atomic E-state index is 12.1. The molecule has 0 unspecified atom stereocenters. The van der Waals surface area contributed by atoms with Crippen molar-refractivity contribution in [2.75, 3.05) is 27.2 Å². The normalized spacial score (nSPS) is 27.6. The van der Waals surface area contributed by atoms with Crippen molar-refractivity contribution in [2.45, 2.75) is 26.2 Å². The summed E-state index contributed by atoms with van der Waals surface area (Å²) in [5.41, 5.74) is 5.15. The molecule has 3 N–H and O–H groups in total. The van der Waals surface area contributed by atoms with Gasteiger partial charge in [0.15, 0.2) is 0 Å². The lowest BCUT2D eigenvalue weighted by Crippen LogP contribution is -2.56. The van der Waals surface area contributed by atoms with Gasteiger partial charge in [-0.3, -0.25) is 4.79 Å². The lowest BCUT2D eigenvalue weighted by molar-refractivity contribution is -0.132. The Morgan fingerprint density at radius 3 is 2.53 bits per heavy atom. The number of nitrogens with one attached hydrogen (secondary N) is 1. The average molecular weight is 257 g/mol. The van der Waals surface area contributed by atoms with Crippen LogP contribution in [0.1, 0.15) is 26.2 Å². The fourth-order valence-electron chi connectivity index (χ4n) is 2.39. The van der Waals surface area contributed by atoms with E-state index in [0.717, 1.165) is 25.8 Å². The molecule has 1 saturated carbocycles. The van der Waals surface area contributed by atoms with Crippen LogP contribution in [0.3, 0.4) is 0 Å². The van der Waals surface area contributed by atoms with Crippen LogP contribution < -0.4 is 11.1 Å². The predicted molar refractivity (Wildman–Crippen MR) is 73.8 cm³/mol. The smallest absolute Gasteiger partial charge is 0.233 e. The van der Waals surface area contributed by atoms with E-state index in [2.05, 4.69) is 17.1 Å². The third kappa shape index (κ3) is 3.39. The van der Waals surface area contributed by atoms with Crippen LogP contribution >= 0.6 is 12.2 Å². The third-order valence-electron chi connectivity index (χ3n) is 3.37. The van der Waals surface area contributed by atoms with Crippen molar-refractivity contribution in [2.24, 2.45) is 17.1 Å². The number of hydrogen-bond donors (Lipinski definition) is 2. The molecular formula is C12H23N3OS. The summed E-state index contributed by atoms with van der Waals surface area (Å²) in [5, 5.41) is 2.95. The van der Waals surface area contributed by atoms with Gasteiger partial charge in [-0.2, -0.15) is 0 Å². The highest BCUT2D eigenvalue weighted by Crippen LogP contribution is 2.45. The SMILES string of the molecule is CC1CC(C(=O)NCCCN(C)C)(C(N)=S)C1. The number of carbonyl (C=O) groups is 1. The van der Waals surface area contributed by atoms with E-state index in [1.54, 1.807) is 0 Å². The van der Waals surface area contributed by atoms with E-state index in [1.807, 2.05) is 14.1 Å². The van der Waals surface area contributed by atoms with Crippen molar-refractivity contribution in [3.05, 3.63) is 0 Å². The van der Waals surface area contributed by atoms with Crippen molar-refractivity contribution >= 4 is 23.1 Å². The molecule has 5 heteroatoms. The first-order valence-electron chi connectivity index (χ1n) is 6.11. The van der Waals surface area contributed by atoms with E-state index in [-0.39, 0.29) is 5.91 Å². The first kappa shape index (κ1) is 14.4. The minimum Gasteiger partial charge on any atom is -0.392 e. The molecule has 1 fully saturated rings. The van der Waals surface area contributed by atoms with Gasteiger partial charge in [0.1, 0.15) is 0 Å². The van der Waals surface area contributed by atoms with Gasteiger partial charge in [-0.25, -0.2) is 0 Å². The molecule has 0 bridgehead atoms. The molecule has 4 nitrogen and oxygen atoms in total. The van der Waals surface area contributed by atoms with E-state index >= 15 is 0 Å². The summed E-state index contributed by atoms with van der Waals surface area (Å²) in [6.45, 7) is 3.78. The van der Waals surface area contributed by atoms with Crippen molar-refractivity contribution in [1.29, 1.82) is 0 Å². The zero-order valence-electron chi connectivity index (χ0n) is 11.0. The number of carbonyl (C=O) groups excluding carboxylic acids is 1. The van der Waals surface area contributed by atoms with Gasteiger partial charge in [0.05, 0.1) is 10.4 Å². The summed E-state index contributed by atoms with van der Waals surface area (Å²) in [4.78, 5) is 14.5. The standard InChI is InChI=1S/C12H23N3OS/c1-9-7-12(8-9,10(13)17)11(16)14-5-4-6-15(2)3/h9H,4-8H2,1-3H3,(H2,13,17)(H,14,16). The number of nitrogens with zero attached hydrogens (tertiary/aromatic N) is 1. The maximum Gasteiger partial charge on any atom is 0.233 e. The van der Waals surface area contributed by atoms with E-state index in [4.69, 9.17) is 18.0 Å². The Kier molecular flexibility index (Phi) is 4.89. The van der Waals surface area contributed by atoms with Crippen molar-refractivity contribution < 1.29 is 4.79 Å². The second-order valence-corrected chi connectivity index (χ2v) is 5.81. The van der Waals surface area contributed by atoms with Gasteiger partial charge in [-0.1, -0.05) is 19.1 Å². The second kappa shape index (κ2) is 5.78. The molecule has 0 aliphatic heterocycles.